The lowest BCUT2D eigenvalue weighted by molar-refractivity contribution is -0.121. The summed E-state index contributed by atoms with van der Waals surface area (Å²) in [5.74, 6) is 1.07. The zero-order chi connectivity index (χ0) is 16.6. The molecule has 0 radical (unpaired) electrons. The second-order valence-corrected chi connectivity index (χ2v) is 4.85. The second kappa shape index (κ2) is 7.77. The number of nitrogens with zero attached hydrogens (tertiary/aromatic N) is 6. The Morgan fingerprint density at radius 1 is 1.12 bits per heavy atom. The summed E-state index contributed by atoms with van der Waals surface area (Å²) >= 11 is 0. The van der Waals surface area contributed by atoms with Crippen LogP contribution in [-0.4, -0.2) is 42.2 Å². The van der Waals surface area contributed by atoms with Crippen LogP contribution in [0.2, 0.25) is 0 Å². The van der Waals surface area contributed by atoms with Crippen LogP contribution in [0.25, 0.3) is 5.82 Å². The number of hydrogen-bond donors (Lipinski definition) is 2. The number of aromatic nitrogens is 6. The van der Waals surface area contributed by atoms with Gasteiger partial charge in [0.1, 0.15) is 12.7 Å². The van der Waals surface area contributed by atoms with Crippen LogP contribution in [0, 0.1) is 0 Å². The highest BCUT2D eigenvalue weighted by Crippen LogP contribution is 2.09. The first-order valence-electron chi connectivity index (χ1n) is 7.39. The lowest BCUT2D eigenvalue weighted by Gasteiger charge is -2.09. The molecule has 3 aromatic rings. The van der Waals surface area contributed by atoms with Gasteiger partial charge in [-0.3, -0.25) is 4.79 Å². The van der Waals surface area contributed by atoms with Crippen molar-refractivity contribution in [3.63, 3.8) is 0 Å². The molecule has 9 heteroatoms. The van der Waals surface area contributed by atoms with E-state index in [2.05, 4.69) is 35.7 Å². The van der Waals surface area contributed by atoms with Gasteiger partial charge in [-0.25, -0.2) is 24.6 Å². The molecule has 3 heterocycles. The van der Waals surface area contributed by atoms with Crippen LogP contribution in [0.3, 0.4) is 0 Å². The van der Waals surface area contributed by atoms with E-state index in [1.807, 2.05) is 12.1 Å². The van der Waals surface area contributed by atoms with Gasteiger partial charge in [0.2, 0.25) is 11.9 Å². The highest BCUT2D eigenvalue weighted by Gasteiger charge is 2.08. The SMILES string of the molecule is O=C(CCNc1ncccn1)NCc1cccnc1-n1cncn1. The molecular weight excluding hydrogens is 308 g/mol. The molecule has 24 heavy (non-hydrogen) atoms. The summed E-state index contributed by atoms with van der Waals surface area (Å²) in [6, 6.07) is 5.44. The van der Waals surface area contributed by atoms with E-state index in [1.54, 1.807) is 35.7 Å². The third-order valence-electron chi connectivity index (χ3n) is 3.18. The minimum absolute atomic E-state index is 0.0770. The van der Waals surface area contributed by atoms with E-state index in [4.69, 9.17) is 0 Å². The molecule has 0 atom stereocenters. The average molecular weight is 324 g/mol. The minimum atomic E-state index is -0.0770. The van der Waals surface area contributed by atoms with E-state index in [0.717, 1.165) is 5.56 Å². The summed E-state index contributed by atoms with van der Waals surface area (Å²) in [6.07, 6.45) is 8.28. The molecule has 0 aliphatic carbocycles. The first kappa shape index (κ1) is 15.5. The van der Waals surface area contributed by atoms with Crippen molar-refractivity contribution >= 4 is 11.9 Å². The first-order valence-corrected chi connectivity index (χ1v) is 7.39. The monoisotopic (exact) mass is 324 g/mol. The summed E-state index contributed by atoms with van der Waals surface area (Å²) in [5.41, 5.74) is 0.857. The van der Waals surface area contributed by atoms with Gasteiger partial charge < -0.3 is 10.6 Å². The fourth-order valence-corrected chi connectivity index (χ4v) is 2.05. The molecule has 3 aromatic heterocycles. The van der Waals surface area contributed by atoms with Crippen LogP contribution < -0.4 is 10.6 Å². The van der Waals surface area contributed by atoms with Crippen LogP contribution in [0.1, 0.15) is 12.0 Å². The molecule has 0 saturated carbocycles. The lowest BCUT2D eigenvalue weighted by atomic mass is 10.2. The van der Waals surface area contributed by atoms with Gasteiger partial charge in [-0.1, -0.05) is 6.07 Å². The molecular formula is C15H16N8O. The molecule has 122 valence electrons. The Balaban J connectivity index is 1.50. The van der Waals surface area contributed by atoms with Crippen LogP contribution in [0.15, 0.2) is 49.4 Å². The van der Waals surface area contributed by atoms with Gasteiger partial charge in [0, 0.05) is 43.7 Å². The topological polar surface area (TPSA) is 111 Å². The van der Waals surface area contributed by atoms with Gasteiger partial charge in [-0.05, 0) is 12.1 Å². The van der Waals surface area contributed by atoms with Gasteiger partial charge >= 0.3 is 0 Å². The minimum Gasteiger partial charge on any atom is -0.354 e. The predicted molar refractivity (Wildman–Crippen MR) is 86.1 cm³/mol. The van der Waals surface area contributed by atoms with Gasteiger partial charge in [-0.2, -0.15) is 5.10 Å². The van der Waals surface area contributed by atoms with Gasteiger partial charge in [0.15, 0.2) is 5.82 Å². The largest absolute Gasteiger partial charge is 0.354 e. The van der Waals surface area contributed by atoms with E-state index >= 15 is 0 Å². The predicted octanol–water partition coefficient (Wildman–Crippen LogP) is 0.571. The molecule has 0 saturated heterocycles. The molecule has 0 spiro atoms. The maximum atomic E-state index is 12.0. The molecule has 1 amide bonds. The van der Waals surface area contributed by atoms with Crippen molar-refractivity contribution in [3.8, 4) is 5.82 Å². The van der Waals surface area contributed by atoms with Crippen molar-refractivity contribution in [3.05, 3.63) is 55.0 Å². The van der Waals surface area contributed by atoms with Crippen LogP contribution in [0.4, 0.5) is 5.95 Å². The molecule has 0 aliphatic rings. The van der Waals surface area contributed by atoms with E-state index in [9.17, 15) is 4.79 Å². The maximum absolute atomic E-state index is 12.0. The molecule has 3 rings (SSSR count). The zero-order valence-corrected chi connectivity index (χ0v) is 12.8. The Hall–Kier alpha value is -3.36. The zero-order valence-electron chi connectivity index (χ0n) is 12.8. The summed E-state index contributed by atoms with van der Waals surface area (Å²) in [4.78, 5) is 28.2. The van der Waals surface area contributed by atoms with E-state index < -0.39 is 0 Å². The quantitative estimate of drug-likeness (QED) is 0.653. The number of hydrogen-bond acceptors (Lipinski definition) is 7. The smallest absolute Gasteiger partial charge is 0.222 e. The molecule has 0 fully saturated rings. The second-order valence-electron chi connectivity index (χ2n) is 4.85. The van der Waals surface area contributed by atoms with Gasteiger partial charge in [-0.15, -0.1) is 0 Å². The molecule has 0 bridgehead atoms. The van der Waals surface area contributed by atoms with Crippen molar-refractivity contribution in [1.82, 2.24) is 35.0 Å². The fraction of sp³-hybridized carbons (Fsp3) is 0.200. The number of rotatable bonds is 7. The van der Waals surface area contributed by atoms with E-state index in [1.165, 1.54) is 6.33 Å². The summed E-state index contributed by atoms with van der Waals surface area (Å²) in [7, 11) is 0. The van der Waals surface area contributed by atoms with Crippen molar-refractivity contribution < 1.29 is 4.79 Å². The maximum Gasteiger partial charge on any atom is 0.222 e. The Kier molecular flexibility index (Phi) is 5.03. The highest BCUT2D eigenvalue weighted by molar-refractivity contribution is 5.76. The van der Waals surface area contributed by atoms with E-state index in [-0.39, 0.29) is 5.91 Å². The van der Waals surface area contributed by atoms with Crippen molar-refractivity contribution in [2.75, 3.05) is 11.9 Å². The Morgan fingerprint density at radius 3 is 2.75 bits per heavy atom. The van der Waals surface area contributed by atoms with Gasteiger partial charge in [0.05, 0.1) is 0 Å². The number of amides is 1. The normalized spacial score (nSPS) is 10.3. The summed E-state index contributed by atoms with van der Waals surface area (Å²) in [6.45, 7) is 0.822. The molecule has 0 aliphatic heterocycles. The van der Waals surface area contributed by atoms with Crippen molar-refractivity contribution in [1.29, 1.82) is 0 Å². The number of pyridine rings is 1. The number of nitrogens with one attached hydrogen (secondary N) is 2. The standard InChI is InChI=1S/C15H16N8O/c24-13(4-8-20-15-18-6-2-7-19-15)21-9-12-3-1-5-17-14(12)23-11-16-10-22-23/h1-3,5-7,10-11H,4,8-9H2,(H,21,24)(H,18,19,20). The van der Waals surface area contributed by atoms with Crippen molar-refractivity contribution in [2.45, 2.75) is 13.0 Å². The number of carbonyl (C=O) groups excluding carboxylic acids is 1. The Labute approximate surface area is 138 Å². The number of carbonyl (C=O) groups is 1. The number of anilines is 1. The highest BCUT2D eigenvalue weighted by atomic mass is 16.1. The molecule has 0 aromatic carbocycles. The Bertz CT molecular complexity index is 775. The summed E-state index contributed by atoms with van der Waals surface area (Å²) < 4.78 is 1.57. The molecule has 9 nitrogen and oxygen atoms in total. The van der Waals surface area contributed by atoms with Crippen LogP contribution in [-0.2, 0) is 11.3 Å². The molecule has 2 N–H and O–H groups in total. The van der Waals surface area contributed by atoms with E-state index in [0.29, 0.717) is 31.3 Å². The lowest BCUT2D eigenvalue weighted by Crippen LogP contribution is -2.25. The summed E-state index contributed by atoms with van der Waals surface area (Å²) in [5, 5.41) is 9.92. The third kappa shape index (κ3) is 4.09. The Morgan fingerprint density at radius 2 is 1.96 bits per heavy atom. The van der Waals surface area contributed by atoms with Crippen LogP contribution >= 0.6 is 0 Å². The van der Waals surface area contributed by atoms with Gasteiger partial charge in [0.25, 0.3) is 0 Å². The first-order chi connectivity index (χ1) is 11.8. The van der Waals surface area contributed by atoms with Crippen LogP contribution in [0.5, 0.6) is 0 Å². The average Bonchev–Trinajstić information content (AvgIpc) is 3.16. The third-order valence-corrected chi connectivity index (χ3v) is 3.18. The fourth-order valence-electron chi connectivity index (χ4n) is 2.05. The van der Waals surface area contributed by atoms with Crippen molar-refractivity contribution in [2.24, 2.45) is 0 Å². The molecule has 0 unspecified atom stereocenters.